The molecule has 1 unspecified atom stereocenters. The number of hydrogen-bond acceptors (Lipinski definition) is 3. The van der Waals surface area contributed by atoms with Gasteiger partial charge in [-0.15, -0.1) is 0 Å². The zero-order chi connectivity index (χ0) is 13.8. The number of aliphatic hydroxyl groups is 1. The van der Waals surface area contributed by atoms with Crippen molar-refractivity contribution in [3.8, 4) is 0 Å². The molecule has 1 N–H and O–H groups in total. The van der Waals surface area contributed by atoms with Gasteiger partial charge in [0.15, 0.2) is 0 Å². The fourth-order valence-corrected chi connectivity index (χ4v) is 2.08. The van der Waals surface area contributed by atoms with Crippen molar-refractivity contribution in [3.05, 3.63) is 58.2 Å². The van der Waals surface area contributed by atoms with Gasteiger partial charge in [0.05, 0.1) is 6.10 Å². The smallest absolute Gasteiger partial charge is 0.128 e. The summed E-state index contributed by atoms with van der Waals surface area (Å²) in [6.45, 7) is 2.54. The Labute approximate surface area is 122 Å². The number of aliphatic hydroxyl groups excluding tert-OH is 1. The average molecular weight is 321 g/mol. The SMILES string of the molecule is CC(O)c1ccc(N(C)Cc2ccc(Br)cc2)nc1. The van der Waals surface area contributed by atoms with E-state index in [1.807, 2.05) is 31.3 Å². The molecule has 100 valence electrons. The second-order valence-electron chi connectivity index (χ2n) is 4.61. The summed E-state index contributed by atoms with van der Waals surface area (Å²) >= 11 is 3.43. The van der Waals surface area contributed by atoms with Gasteiger partial charge < -0.3 is 10.0 Å². The van der Waals surface area contributed by atoms with Crippen LogP contribution in [0, 0.1) is 0 Å². The van der Waals surface area contributed by atoms with Gasteiger partial charge in [-0.05, 0) is 36.2 Å². The van der Waals surface area contributed by atoms with E-state index in [4.69, 9.17) is 0 Å². The predicted molar refractivity (Wildman–Crippen MR) is 81.1 cm³/mol. The third-order valence-corrected chi connectivity index (χ3v) is 3.51. The Kier molecular flexibility index (Phi) is 4.56. The molecule has 1 atom stereocenters. The van der Waals surface area contributed by atoms with E-state index in [1.54, 1.807) is 13.1 Å². The number of hydrogen-bond donors (Lipinski definition) is 1. The van der Waals surface area contributed by atoms with Crippen LogP contribution in [0.15, 0.2) is 47.1 Å². The molecule has 0 amide bonds. The molecule has 0 saturated carbocycles. The van der Waals surface area contributed by atoms with Gasteiger partial charge >= 0.3 is 0 Å². The Morgan fingerprint density at radius 1 is 1.21 bits per heavy atom. The standard InChI is InChI=1S/C15H17BrN2O/c1-11(19)13-5-8-15(17-9-13)18(2)10-12-3-6-14(16)7-4-12/h3-9,11,19H,10H2,1-2H3. The lowest BCUT2D eigenvalue weighted by Gasteiger charge is -2.18. The molecule has 2 rings (SSSR count). The van der Waals surface area contributed by atoms with Gasteiger partial charge in [0.1, 0.15) is 5.82 Å². The van der Waals surface area contributed by atoms with Gasteiger partial charge in [-0.2, -0.15) is 0 Å². The van der Waals surface area contributed by atoms with Gasteiger partial charge in [0.2, 0.25) is 0 Å². The van der Waals surface area contributed by atoms with Crippen molar-refractivity contribution in [2.24, 2.45) is 0 Å². The van der Waals surface area contributed by atoms with Crippen molar-refractivity contribution in [3.63, 3.8) is 0 Å². The second-order valence-corrected chi connectivity index (χ2v) is 5.52. The Morgan fingerprint density at radius 2 is 1.89 bits per heavy atom. The summed E-state index contributed by atoms with van der Waals surface area (Å²) in [5.74, 6) is 0.896. The topological polar surface area (TPSA) is 36.4 Å². The molecular weight excluding hydrogens is 304 g/mol. The maximum Gasteiger partial charge on any atom is 0.128 e. The van der Waals surface area contributed by atoms with Crippen LogP contribution in [0.25, 0.3) is 0 Å². The fraction of sp³-hybridized carbons (Fsp3) is 0.267. The molecule has 0 saturated heterocycles. The number of benzene rings is 1. The summed E-state index contributed by atoms with van der Waals surface area (Å²) in [5, 5.41) is 9.46. The van der Waals surface area contributed by atoms with E-state index >= 15 is 0 Å². The monoisotopic (exact) mass is 320 g/mol. The third kappa shape index (κ3) is 3.78. The fourth-order valence-electron chi connectivity index (χ4n) is 1.82. The predicted octanol–water partition coefficient (Wildman–Crippen LogP) is 3.53. The van der Waals surface area contributed by atoms with Gasteiger partial charge in [-0.25, -0.2) is 4.98 Å². The highest BCUT2D eigenvalue weighted by Crippen LogP contribution is 2.17. The lowest BCUT2D eigenvalue weighted by molar-refractivity contribution is 0.199. The molecule has 1 aromatic carbocycles. The summed E-state index contributed by atoms with van der Waals surface area (Å²) in [4.78, 5) is 6.45. The molecule has 0 aliphatic rings. The Hall–Kier alpha value is -1.39. The van der Waals surface area contributed by atoms with E-state index in [0.717, 1.165) is 22.4 Å². The van der Waals surface area contributed by atoms with Gasteiger partial charge in [0, 0.05) is 24.3 Å². The minimum absolute atomic E-state index is 0.474. The zero-order valence-electron chi connectivity index (χ0n) is 11.0. The molecule has 0 bridgehead atoms. The Balaban J connectivity index is 2.07. The zero-order valence-corrected chi connectivity index (χ0v) is 12.6. The van der Waals surface area contributed by atoms with Crippen molar-refractivity contribution >= 4 is 21.7 Å². The normalized spacial score (nSPS) is 12.2. The van der Waals surface area contributed by atoms with Crippen LogP contribution < -0.4 is 4.90 Å². The first kappa shape index (κ1) is 14.0. The van der Waals surface area contributed by atoms with Crippen LogP contribution in [-0.4, -0.2) is 17.1 Å². The van der Waals surface area contributed by atoms with E-state index in [9.17, 15) is 5.11 Å². The number of rotatable bonds is 4. The van der Waals surface area contributed by atoms with Crippen molar-refractivity contribution in [2.45, 2.75) is 19.6 Å². The molecule has 0 fully saturated rings. The summed E-state index contributed by atoms with van der Waals surface area (Å²) < 4.78 is 1.08. The first-order valence-electron chi connectivity index (χ1n) is 6.16. The number of pyridine rings is 1. The van der Waals surface area contributed by atoms with Crippen molar-refractivity contribution in [1.82, 2.24) is 4.98 Å². The third-order valence-electron chi connectivity index (χ3n) is 2.98. The van der Waals surface area contributed by atoms with Crippen LogP contribution in [0.2, 0.25) is 0 Å². The van der Waals surface area contributed by atoms with Crippen LogP contribution in [0.3, 0.4) is 0 Å². The number of nitrogens with zero attached hydrogens (tertiary/aromatic N) is 2. The van der Waals surface area contributed by atoms with Gasteiger partial charge in [0.25, 0.3) is 0 Å². The van der Waals surface area contributed by atoms with Crippen LogP contribution in [0.1, 0.15) is 24.2 Å². The van der Waals surface area contributed by atoms with Gasteiger partial charge in [-0.1, -0.05) is 34.1 Å². The van der Waals surface area contributed by atoms with Gasteiger partial charge in [-0.3, -0.25) is 0 Å². The molecule has 0 aliphatic heterocycles. The summed E-state index contributed by atoms with van der Waals surface area (Å²) in [7, 11) is 2.01. The van der Waals surface area contributed by atoms with Crippen molar-refractivity contribution in [2.75, 3.05) is 11.9 Å². The van der Waals surface area contributed by atoms with E-state index in [1.165, 1.54) is 5.56 Å². The lowest BCUT2D eigenvalue weighted by Crippen LogP contribution is -2.17. The highest BCUT2D eigenvalue weighted by Gasteiger charge is 2.05. The maximum absolute atomic E-state index is 9.46. The first-order chi connectivity index (χ1) is 9.06. The van der Waals surface area contributed by atoms with Crippen LogP contribution in [0.5, 0.6) is 0 Å². The average Bonchev–Trinajstić information content (AvgIpc) is 2.41. The van der Waals surface area contributed by atoms with Crippen molar-refractivity contribution < 1.29 is 5.11 Å². The molecule has 2 aromatic rings. The molecule has 0 aliphatic carbocycles. The van der Waals surface area contributed by atoms with E-state index in [2.05, 4.69) is 37.9 Å². The second kappa shape index (κ2) is 6.17. The molecule has 19 heavy (non-hydrogen) atoms. The Bertz CT molecular complexity index is 523. The molecule has 0 radical (unpaired) electrons. The van der Waals surface area contributed by atoms with E-state index < -0.39 is 6.10 Å². The quantitative estimate of drug-likeness (QED) is 0.936. The van der Waals surface area contributed by atoms with E-state index in [0.29, 0.717) is 0 Å². The van der Waals surface area contributed by atoms with Crippen molar-refractivity contribution in [1.29, 1.82) is 0 Å². The first-order valence-corrected chi connectivity index (χ1v) is 6.95. The summed E-state index contributed by atoms with van der Waals surface area (Å²) in [5.41, 5.74) is 2.06. The molecule has 4 heteroatoms. The molecule has 3 nitrogen and oxygen atoms in total. The molecule has 1 heterocycles. The van der Waals surface area contributed by atoms with E-state index in [-0.39, 0.29) is 0 Å². The minimum Gasteiger partial charge on any atom is -0.389 e. The highest BCUT2D eigenvalue weighted by molar-refractivity contribution is 9.10. The summed E-state index contributed by atoms with van der Waals surface area (Å²) in [6, 6.07) is 12.1. The lowest BCUT2D eigenvalue weighted by atomic mass is 10.2. The Morgan fingerprint density at radius 3 is 2.42 bits per heavy atom. The number of aromatic nitrogens is 1. The molecular formula is C15H17BrN2O. The minimum atomic E-state index is -0.474. The molecule has 0 spiro atoms. The largest absolute Gasteiger partial charge is 0.389 e. The number of anilines is 1. The maximum atomic E-state index is 9.46. The summed E-state index contributed by atoms with van der Waals surface area (Å²) in [6.07, 6.45) is 1.25. The number of halogens is 1. The van der Waals surface area contributed by atoms with Crippen LogP contribution >= 0.6 is 15.9 Å². The van der Waals surface area contributed by atoms with Crippen LogP contribution in [0.4, 0.5) is 5.82 Å². The van der Waals surface area contributed by atoms with Crippen LogP contribution in [-0.2, 0) is 6.54 Å². The molecule has 1 aromatic heterocycles. The highest BCUT2D eigenvalue weighted by atomic mass is 79.9.